The molecule has 0 aromatic heterocycles. The van der Waals surface area contributed by atoms with Crippen molar-refractivity contribution >= 4 is 87.7 Å². The quantitative estimate of drug-likeness (QED) is 0.509. The van der Waals surface area contributed by atoms with Crippen LogP contribution in [0.25, 0.3) is 0 Å². The molecule has 0 amide bonds. The number of rotatable bonds is 3. The van der Waals surface area contributed by atoms with E-state index < -0.39 is 0 Å². The molecule has 0 unspecified atom stereocenters. The molecule has 1 radical (unpaired) electrons. The minimum absolute atomic E-state index is 0. The first-order valence-electron chi connectivity index (χ1n) is 4.82. The van der Waals surface area contributed by atoms with Crippen molar-refractivity contribution in [2.24, 2.45) is 0 Å². The van der Waals surface area contributed by atoms with Gasteiger partial charge < -0.3 is 88.8 Å². The van der Waals surface area contributed by atoms with Crippen molar-refractivity contribution in [3.63, 3.8) is 0 Å². The van der Waals surface area contributed by atoms with Crippen molar-refractivity contribution < 1.29 is 31.6 Å². The van der Waals surface area contributed by atoms with Crippen LogP contribution < -0.4 is 0 Å². The van der Waals surface area contributed by atoms with Crippen LogP contribution in [0.15, 0.2) is 0 Å². The zero-order valence-corrected chi connectivity index (χ0v) is 16.9. The second kappa shape index (κ2) is 23.9. The minimum Gasteiger partial charge on any atom is -0.514 e. The molecule has 111 valence electrons. The molecule has 10 heteroatoms. The molecule has 0 aliphatic carbocycles. The minimum atomic E-state index is 0. The van der Waals surface area contributed by atoms with Crippen molar-refractivity contribution in [3.05, 3.63) is 0 Å². The molecule has 0 heterocycles. The van der Waals surface area contributed by atoms with Crippen molar-refractivity contribution in [1.82, 2.24) is 0 Å². The SMILES string of the molecule is CCOC(=S)[S-].CCOC(=S)[S-].CCOC(=S)[S-].[Cr+3]. The fourth-order valence-corrected chi connectivity index (χ4v) is 1.06. The van der Waals surface area contributed by atoms with Crippen LogP contribution in [0, 0.1) is 0 Å². The summed E-state index contributed by atoms with van der Waals surface area (Å²) < 4.78 is 14.4. The first kappa shape index (κ1) is 28.1. The summed E-state index contributed by atoms with van der Waals surface area (Å²) in [6.07, 6.45) is 0. The van der Waals surface area contributed by atoms with E-state index in [1.165, 1.54) is 0 Å². The molecule has 0 rings (SSSR count). The van der Waals surface area contributed by atoms with Gasteiger partial charge in [-0.05, 0) is 20.8 Å². The molecular weight excluding hydrogens is 400 g/mol. The summed E-state index contributed by atoms with van der Waals surface area (Å²) in [6, 6.07) is 0. The number of hydrogen-bond donors (Lipinski definition) is 0. The van der Waals surface area contributed by atoms with Gasteiger partial charge in [-0.15, -0.1) is 0 Å². The smallest absolute Gasteiger partial charge is 0.514 e. The Morgan fingerprint density at radius 1 is 0.684 bits per heavy atom. The fourth-order valence-electron chi connectivity index (χ4n) is 0.354. The summed E-state index contributed by atoms with van der Waals surface area (Å²) in [5.41, 5.74) is 0. The van der Waals surface area contributed by atoms with Gasteiger partial charge in [-0.25, -0.2) is 0 Å². The Bertz CT molecular complexity index is 202. The second-order valence-corrected chi connectivity index (χ2v) is 5.05. The Labute approximate surface area is 158 Å². The third-order valence-electron chi connectivity index (χ3n) is 0.787. The van der Waals surface area contributed by atoms with Gasteiger partial charge >= 0.3 is 17.4 Å². The maximum absolute atomic E-state index is 4.59. The van der Waals surface area contributed by atoms with Crippen LogP contribution in [0.1, 0.15) is 20.8 Å². The van der Waals surface area contributed by atoms with E-state index in [9.17, 15) is 0 Å². The summed E-state index contributed by atoms with van der Waals surface area (Å²) in [7, 11) is 0. The van der Waals surface area contributed by atoms with Crippen molar-refractivity contribution in [1.29, 1.82) is 0 Å². The molecule has 0 spiro atoms. The molecule has 0 aliphatic rings. The molecule has 0 aliphatic heterocycles. The Hall–Kier alpha value is 0.862. The summed E-state index contributed by atoms with van der Waals surface area (Å²) in [6.45, 7) is 7.29. The molecule has 3 nitrogen and oxygen atoms in total. The molecule has 0 N–H and O–H groups in total. The largest absolute Gasteiger partial charge is 3.00 e. The topological polar surface area (TPSA) is 27.7 Å². The van der Waals surface area contributed by atoms with Crippen LogP contribution >= 0.6 is 36.7 Å². The normalized spacial score (nSPS) is 7.11. The fraction of sp³-hybridized carbons (Fsp3) is 0.667. The molecule has 0 saturated heterocycles. The molecule has 0 aromatic rings. The third kappa shape index (κ3) is 55.1. The van der Waals surface area contributed by atoms with Gasteiger partial charge in [0.25, 0.3) is 0 Å². The van der Waals surface area contributed by atoms with Crippen molar-refractivity contribution in [2.45, 2.75) is 20.8 Å². The molecule has 19 heavy (non-hydrogen) atoms. The molecule has 0 fully saturated rings. The Morgan fingerprint density at radius 2 is 0.842 bits per heavy atom. The molecule has 0 aromatic carbocycles. The average molecular weight is 416 g/mol. The Morgan fingerprint density at radius 3 is 0.842 bits per heavy atom. The maximum atomic E-state index is 4.59. The Balaban J connectivity index is -0.0000000865. The average Bonchev–Trinajstić information content (AvgIpc) is 2.18. The predicted octanol–water partition coefficient (Wildman–Crippen LogP) is 2.56. The van der Waals surface area contributed by atoms with Crippen LogP contribution in [-0.2, 0) is 69.5 Å². The molecule has 0 atom stereocenters. The van der Waals surface area contributed by atoms with E-state index >= 15 is 0 Å². The van der Waals surface area contributed by atoms with E-state index in [1.807, 2.05) is 20.8 Å². The van der Waals surface area contributed by atoms with E-state index in [4.69, 9.17) is 0 Å². The van der Waals surface area contributed by atoms with Crippen LogP contribution in [0.2, 0.25) is 0 Å². The second-order valence-electron chi connectivity index (χ2n) is 2.05. The van der Waals surface area contributed by atoms with Crippen molar-refractivity contribution in [2.75, 3.05) is 19.8 Å². The van der Waals surface area contributed by atoms with Gasteiger partial charge in [0, 0.05) is 13.1 Å². The monoisotopic (exact) mass is 415 g/mol. The van der Waals surface area contributed by atoms with Gasteiger partial charge in [0.05, 0.1) is 19.8 Å². The van der Waals surface area contributed by atoms with E-state index in [2.05, 4.69) is 88.8 Å². The van der Waals surface area contributed by atoms with E-state index in [0.29, 0.717) is 19.8 Å². The van der Waals surface area contributed by atoms with Crippen LogP contribution in [0.4, 0.5) is 0 Å². The van der Waals surface area contributed by atoms with E-state index in [1.54, 1.807) is 0 Å². The number of thiocarbonyl (C=S) groups is 3. The maximum Gasteiger partial charge on any atom is 3.00 e. The third-order valence-corrected chi connectivity index (χ3v) is 1.49. The molecule has 0 bridgehead atoms. The van der Waals surface area contributed by atoms with Gasteiger partial charge in [-0.2, -0.15) is 0 Å². The van der Waals surface area contributed by atoms with Gasteiger partial charge in [0.2, 0.25) is 0 Å². The van der Waals surface area contributed by atoms with Gasteiger partial charge in [0.15, 0.2) is 0 Å². The molecule has 0 saturated carbocycles. The summed E-state index contributed by atoms with van der Waals surface area (Å²) >= 11 is 26.3. The van der Waals surface area contributed by atoms with Crippen LogP contribution in [0.5, 0.6) is 0 Å². The van der Waals surface area contributed by atoms with Gasteiger partial charge in [0.1, 0.15) is 0 Å². The standard InChI is InChI=1S/3C3H6OS2.Cr/c3*1-2-4-3(5)6;/h3*2H2,1H3,(H,5,6);/q;;;+3/p-3. The first-order chi connectivity index (χ1) is 8.31. The number of hydrogen-bond acceptors (Lipinski definition) is 9. The Kier molecular flexibility index (Phi) is 35.4. The first-order valence-corrected chi connectivity index (χ1v) is 7.27. The van der Waals surface area contributed by atoms with E-state index in [0.717, 1.165) is 0 Å². The van der Waals surface area contributed by atoms with Gasteiger partial charge in [-0.1, -0.05) is 0 Å². The summed E-state index contributed by atoms with van der Waals surface area (Å²) in [5.74, 6) is 0. The van der Waals surface area contributed by atoms with Crippen LogP contribution in [-0.4, -0.2) is 33.0 Å². The van der Waals surface area contributed by atoms with Crippen LogP contribution in [0.3, 0.4) is 0 Å². The molecular formula is C9H15CrO3S6. The van der Waals surface area contributed by atoms with Crippen molar-refractivity contribution in [3.8, 4) is 0 Å². The zero-order chi connectivity index (χ0) is 15.0. The van der Waals surface area contributed by atoms with Gasteiger partial charge in [-0.3, -0.25) is 0 Å². The summed E-state index contributed by atoms with van der Waals surface area (Å²) in [5, 5.41) is 0. The summed E-state index contributed by atoms with van der Waals surface area (Å²) in [4.78, 5) is 0. The predicted molar refractivity (Wildman–Crippen MR) is 94.8 cm³/mol. The van der Waals surface area contributed by atoms with E-state index in [-0.39, 0.29) is 30.5 Å². The zero-order valence-electron chi connectivity index (χ0n) is 10.7. The number of ether oxygens (including phenoxy) is 3.